The van der Waals surface area contributed by atoms with Crippen LogP contribution in [-0.2, 0) is 11.3 Å². The molecule has 170 valence electrons. The number of nitrogens with zero attached hydrogens (tertiary/aromatic N) is 2. The van der Waals surface area contributed by atoms with E-state index in [1.165, 1.54) is 9.47 Å². The monoisotopic (exact) mass is 449 g/mol. The van der Waals surface area contributed by atoms with Crippen molar-refractivity contribution >= 4 is 29.0 Å². The van der Waals surface area contributed by atoms with Gasteiger partial charge in [-0.2, -0.15) is 0 Å². The number of hydrogen-bond donors (Lipinski definition) is 3. The van der Waals surface area contributed by atoms with Crippen molar-refractivity contribution in [1.82, 2.24) is 14.9 Å². The lowest BCUT2D eigenvalue weighted by molar-refractivity contribution is -0.118. The molecule has 1 heterocycles. The molecule has 0 spiro atoms. The van der Waals surface area contributed by atoms with Crippen LogP contribution in [0.4, 0.5) is 11.5 Å². The highest BCUT2D eigenvalue weighted by molar-refractivity contribution is 6.31. The molecule has 9 heteroatoms. The van der Waals surface area contributed by atoms with Crippen molar-refractivity contribution in [2.75, 3.05) is 23.7 Å². The molecule has 2 rings (SSSR count). The van der Waals surface area contributed by atoms with Crippen LogP contribution in [0.3, 0.4) is 0 Å². The van der Waals surface area contributed by atoms with Crippen LogP contribution in [0.5, 0.6) is 0 Å². The minimum Gasteiger partial charge on any atom is -0.383 e. The Kier molecular flexibility index (Phi) is 8.88. The summed E-state index contributed by atoms with van der Waals surface area (Å²) in [5, 5.41) is 3.78. The molecule has 8 nitrogen and oxygen atoms in total. The van der Waals surface area contributed by atoms with Crippen LogP contribution in [-0.4, -0.2) is 28.5 Å². The van der Waals surface area contributed by atoms with E-state index in [1.54, 1.807) is 6.07 Å². The number of carbonyl (C=O) groups excluding carboxylic acids is 1. The van der Waals surface area contributed by atoms with Gasteiger partial charge in [0.1, 0.15) is 5.82 Å². The third kappa shape index (κ3) is 6.21. The number of benzene rings is 1. The first-order chi connectivity index (χ1) is 14.7. The zero-order chi connectivity index (χ0) is 23.1. The molecule has 1 unspecified atom stereocenters. The Hall–Kier alpha value is -2.58. The average molecular weight is 450 g/mol. The summed E-state index contributed by atoms with van der Waals surface area (Å²) >= 11 is 6.25. The minimum atomic E-state index is -0.661. The quantitative estimate of drug-likeness (QED) is 0.516. The van der Waals surface area contributed by atoms with Crippen molar-refractivity contribution in [2.45, 2.75) is 53.1 Å². The van der Waals surface area contributed by atoms with Crippen LogP contribution >= 0.6 is 11.6 Å². The van der Waals surface area contributed by atoms with Gasteiger partial charge in [-0.15, -0.1) is 0 Å². The van der Waals surface area contributed by atoms with Crippen molar-refractivity contribution in [2.24, 2.45) is 5.92 Å². The molecule has 0 aliphatic rings. The van der Waals surface area contributed by atoms with Crippen LogP contribution in [0.15, 0.2) is 33.9 Å². The van der Waals surface area contributed by atoms with Gasteiger partial charge in [-0.1, -0.05) is 57.0 Å². The van der Waals surface area contributed by atoms with Crippen molar-refractivity contribution in [1.29, 1.82) is 0 Å². The van der Waals surface area contributed by atoms with E-state index in [1.807, 2.05) is 45.9 Å². The fraction of sp³-hybridized carbons (Fsp3) is 0.500. The lowest BCUT2D eigenvalue weighted by Crippen LogP contribution is -2.45. The number of amides is 1. The third-order valence-electron chi connectivity index (χ3n) is 5.00. The molecule has 0 aliphatic carbocycles. The number of carbonyl (C=O) groups is 1. The van der Waals surface area contributed by atoms with Crippen LogP contribution < -0.4 is 27.2 Å². The maximum absolute atomic E-state index is 13.1. The van der Waals surface area contributed by atoms with Gasteiger partial charge >= 0.3 is 5.69 Å². The lowest BCUT2D eigenvalue weighted by Gasteiger charge is -2.26. The highest BCUT2D eigenvalue weighted by atomic mass is 35.5. The molecule has 0 saturated heterocycles. The number of aromatic nitrogens is 2. The number of nitrogens with two attached hydrogens (primary N) is 1. The van der Waals surface area contributed by atoms with Gasteiger partial charge in [-0.3, -0.25) is 19.1 Å². The second-order valence-electron chi connectivity index (χ2n) is 8.02. The summed E-state index contributed by atoms with van der Waals surface area (Å²) in [6.07, 6.45) is 1.52. The van der Waals surface area contributed by atoms with Crippen LogP contribution in [0.25, 0.3) is 0 Å². The number of hydrogen-bond acceptors (Lipinski definition) is 5. The SMILES string of the molecule is CCCCN(C(=O)CNC(C)c1ccccc1Cl)c1c(N)n(CC(C)C)c(=O)[nH]c1=O. The predicted molar refractivity (Wildman–Crippen MR) is 126 cm³/mol. The first-order valence-electron chi connectivity index (χ1n) is 10.6. The summed E-state index contributed by atoms with van der Waals surface area (Å²) in [4.78, 5) is 41.7. The molecule has 1 aromatic carbocycles. The smallest absolute Gasteiger partial charge is 0.330 e. The fourth-order valence-corrected chi connectivity index (χ4v) is 3.63. The minimum absolute atomic E-state index is 0.00561. The molecule has 0 fully saturated rings. The molecule has 0 saturated carbocycles. The highest BCUT2D eigenvalue weighted by Gasteiger charge is 2.24. The predicted octanol–water partition coefficient (Wildman–Crippen LogP) is 2.91. The number of halogens is 1. The van der Waals surface area contributed by atoms with Gasteiger partial charge in [0.05, 0.1) is 6.54 Å². The van der Waals surface area contributed by atoms with Crippen LogP contribution in [0, 0.1) is 5.92 Å². The van der Waals surface area contributed by atoms with Gasteiger partial charge in [-0.25, -0.2) is 4.79 Å². The van der Waals surface area contributed by atoms with Gasteiger partial charge < -0.3 is 16.0 Å². The molecule has 0 aliphatic heterocycles. The topological polar surface area (TPSA) is 113 Å². The van der Waals surface area contributed by atoms with E-state index in [9.17, 15) is 14.4 Å². The van der Waals surface area contributed by atoms with Gasteiger partial charge in [0.25, 0.3) is 5.56 Å². The molecule has 0 bridgehead atoms. The van der Waals surface area contributed by atoms with Crippen molar-refractivity contribution in [3.8, 4) is 0 Å². The van der Waals surface area contributed by atoms with Crippen LogP contribution in [0.1, 0.15) is 52.1 Å². The third-order valence-corrected chi connectivity index (χ3v) is 5.34. The maximum atomic E-state index is 13.1. The Morgan fingerprint density at radius 2 is 1.94 bits per heavy atom. The number of aromatic amines is 1. The number of nitrogens with one attached hydrogen (secondary N) is 2. The van der Waals surface area contributed by atoms with E-state index >= 15 is 0 Å². The Morgan fingerprint density at radius 3 is 2.55 bits per heavy atom. The summed E-state index contributed by atoms with van der Waals surface area (Å²) in [5.41, 5.74) is 5.88. The fourth-order valence-electron chi connectivity index (χ4n) is 3.33. The second kappa shape index (κ2) is 11.2. The molecule has 0 radical (unpaired) electrons. The van der Waals surface area contributed by atoms with Crippen LogP contribution in [0.2, 0.25) is 5.02 Å². The number of anilines is 2. The molecular weight excluding hydrogens is 418 g/mol. The van der Waals surface area contributed by atoms with Crippen molar-refractivity contribution in [3.05, 3.63) is 55.7 Å². The zero-order valence-electron chi connectivity index (χ0n) is 18.6. The number of nitrogen functional groups attached to an aromatic ring is 1. The first-order valence-corrected chi connectivity index (χ1v) is 11.0. The number of rotatable bonds is 10. The summed E-state index contributed by atoms with van der Waals surface area (Å²) < 4.78 is 1.31. The summed E-state index contributed by atoms with van der Waals surface area (Å²) in [7, 11) is 0. The van der Waals surface area contributed by atoms with E-state index in [4.69, 9.17) is 17.3 Å². The first kappa shape index (κ1) is 24.7. The molecule has 4 N–H and O–H groups in total. The summed E-state index contributed by atoms with van der Waals surface area (Å²) in [6, 6.07) is 7.24. The van der Waals surface area contributed by atoms with E-state index in [2.05, 4.69) is 10.3 Å². The molecule has 1 aromatic heterocycles. The van der Waals surface area contributed by atoms with Gasteiger partial charge in [0.2, 0.25) is 5.91 Å². The molecule has 1 atom stereocenters. The maximum Gasteiger partial charge on any atom is 0.330 e. The molecule has 1 amide bonds. The largest absolute Gasteiger partial charge is 0.383 e. The Balaban J connectivity index is 2.33. The zero-order valence-corrected chi connectivity index (χ0v) is 19.3. The van der Waals surface area contributed by atoms with Gasteiger partial charge in [-0.05, 0) is 30.9 Å². The molecule has 2 aromatic rings. The van der Waals surface area contributed by atoms with Crippen molar-refractivity contribution in [3.63, 3.8) is 0 Å². The highest BCUT2D eigenvalue weighted by Crippen LogP contribution is 2.22. The number of H-pyrrole nitrogens is 1. The Labute approximate surface area is 187 Å². The summed E-state index contributed by atoms with van der Waals surface area (Å²) in [6.45, 7) is 8.44. The van der Waals surface area contributed by atoms with E-state index < -0.39 is 11.2 Å². The number of unbranched alkanes of at least 4 members (excludes halogenated alkanes) is 1. The van der Waals surface area contributed by atoms with Gasteiger partial charge in [0, 0.05) is 24.2 Å². The van der Waals surface area contributed by atoms with E-state index in [-0.39, 0.29) is 35.9 Å². The Morgan fingerprint density at radius 1 is 1.26 bits per heavy atom. The lowest BCUT2D eigenvalue weighted by atomic mass is 10.1. The van der Waals surface area contributed by atoms with E-state index in [0.717, 1.165) is 12.0 Å². The normalized spacial score (nSPS) is 12.2. The van der Waals surface area contributed by atoms with Crippen molar-refractivity contribution < 1.29 is 4.79 Å². The molecule has 31 heavy (non-hydrogen) atoms. The Bertz CT molecular complexity index is 1010. The standard InChI is InChI=1S/C22H32ClN5O3/c1-5-6-11-27(18(29)12-25-15(4)16-9-7-8-10-17(16)23)19-20(24)28(13-14(2)3)22(31)26-21(19)30/h7-10,14-15,25H,5-6,11-13,24H2,1-4H3,(H,26,30,31). The van der Waals surface area contributed by atoms with E-state index in [0.29, 0.717) is 24.5 Å². The summed E-state index contributed by atoms with van der Waals surface area (Å²) in [5.74, 6) is -0.165. The average Bonchev–Trinajstić information content (AvgIpc) is 2.71. The second-order valence-corrected chi connectivity index (χ2v) is 8.43. The molecular formula is C22H32ClN5O3. The van der Waals surface area contributed by atoms with Gasteiger partial charge in [0.15, 0.2) is 5.69 Å².